The third kappa shape index (κ3) is 7.14. The SMILES string of the molecule is CCOc1cc(CNCCOCCO)cc(Br)c1OCc1ccccc1C. The fraction of sp³-hybridized carbons (Fsp3) is 0.429. The van der Waals surface area contributed by atoms with Crippen molar-refractivity contribution in [2.24, 2.45) is 0 Å². The van der Waals surface area contributed by atoms with Crippen LogP contribution < -0.4 is 14.8 Å². The fourth-order valence-corrected chi connectivity index (χ4v) is 3.20. The molecule has 0 heterocycles. The highest BCUT2D eigenvalue weighted by Crippen LogP contribution is 2.37. The number of aliphatic hydroxyl groups excluding tert-OH is 1. The summed E-state index contributed by atoms with van der Waals surface area (Å²) in [4.78, 5) is 0. The summed E-state index contributed by atoms with van der Waals surface area (Å²) in [6.07, 6.45) is 0. The van der Waals surface area contributed by atoms with Crippen molar-refractivity contribution in [1.29, 1.82) is 0 Å². The first-order valence-corrected chi connectivity index (χ1v) is 9.96. The van der Waals surface area contributed by atoms with E-state index >= 15 is 0 Å². The lowest BCUT2D eigenvalue weighted by molar-refractivity contribution is 0.0938. The summed E-state index contributed by atoms with van der Waals surface area (Å²) in [7, 11) is 0. The number of hydrogen-bond acceptors (Lipinski definition) is 5. The van der Waals surface area contributed by atoms with E-state index in [4.69, 9.17) is 19.3 Å². The van der Waals surface area contributed by atoms with E-state index in [1.807, 2.05) is 31.2 Å². The van der Waals surface area contributed by atoms with Gasteiger partial charge in [0.05, 0.1) is 30.9 Å². The Bertz CT molecular complexity index is 709. The summed E-state index contributed by atoms with van der Waals surface area (Å²) in [5.41, 5.74) is 3.45. The number of hydrogen-bond donors (Lipinski definition) is 2. The predicted molar refractivity (Wildman–Crippen MR) is 110 cm³/mol. The molecule has 0 spiro atoms. The molecular weight excluding hydrogens is 410 g/mol. The Morgan fingerprint density at radius 2 is 1.93 bits per heavy atom. The zero-order chi connectivity index (χ0) is 19.5. The summed E-state index contributed by atoms with van der Waals surface area (Å²) in [6, 6.07) is 12.2. The number of ether oxygens (including phenoxy) is 3. The van der Waals surface area contributed by atoms with Gasteiger partial charge in [-0.1, -0.05) is 24.3 Å². The van der Waals surface area contributed by atoms with E-state index in [9.17, 15) is 0 Å². The summed E-state index contributed by atoms with van der Waals surface area (Å²) >= 11 is 3.62. The number of nitrogens with one attached hydrogen (secondary N) is 1. The molecular formula is C21H28BrNO4. The quantitative estimate of drug-likeness (QED) is 0.494. The molecule has 5 nitrogen and oxygen atoms in total. The molecule has 2 aromatic carbocycles. The third-order valence-corrected chi connectivity index (χ3v) is 4.58. The molecule has 27 heavy (non-hydrogen) atoms. The first kappa shape index (κ1) is 21.7. The van der Waals surface area contributed by atoms with Crippen LogP contribution in [0.4, 0.5) is 0 Å². The molecule has 2 rings (SSSR count). The van der Waals surface area contributed by atoms with Gasteiger partial charge in [-0.15, -0.1) is 0 Å². The van der Waals surface area contributed by atoms with Crippen molar-refractivity contribution in [3.05, 3.63) is 57.6 Å². The number of rotatable bonds is 12. The topological polar surface area (TPSA) is 60.0 Å². The Balaban J connectivity index is 2.01. The van der Waals surface area contributed by atoms with E-state index < -0.39 is 0 Å². The van der Waals surface area contributed by atoms with Crippen LogP contribution in [-0.4, -0.2) is 38.1 Å². The van der Waals surface area contributed by atoms with Gasteiger partial charge >= 0.3 is 0 Å². The number of aliphatic hydroxyl groups is 1. The second-order valence-corrected chi connectivity index (χ2v) is 6.92. The Morgan fingerprint density at radius 1 is 1.11 bits per heavy atom. The Morgan fingerprint density at radius 3 is 2.67 bits per heavy atom. The predicted octanol–water partition coefficient (Wildman–Crippen LogP) is 3.83. The van der Waals surface area contributed by atoms with E-state index in [0.717, 1.165) is 27.1 Å². The average Bonchev–Trinajstić information content (AvgIpc) is 2.65. The molecule has 2 N–H and O–H groups in total. The zero-order valence-electron chi connectivity index (χ0n) is 16.0. The van der Waals surface area contributed by atoms with Crippen molar-refractivity contribution in [3.63, 3.8) is 0 Å². The maximum absolute atomic E-state index is 8.69. The van der Waals surface area contributed by atoms with Crippen molar-refractivity contribution >= 4 is 15.9 Å². The van der Waals surface area contributed by atoms with Gasteiger partial charge in [-0.05, 0) is 58.6 Å². The number of halogens is 1. The van der Waals surface area contributed by atoms with Crippen LogP contribution in [0.2, 0.25) is 0 Å². The maximum atomic E-state index is 8.69. The van der Waals surface area contributed by atoms with Gasteiger partial charge < -0.3 is 24.6 Å². The molecule has 148 valence electrons. The van der Waals surface area contributed by atoms with Crippen LogP contribution in [0.15, 0.2) is 40.9 Å². The lowest BCUT2D eigenvalue weighted by atomic mass is 10.1. The maximum Gasteiger partial charge on any atom is 0.175 e. The van der Waals surface area contributed by atoms with Gasteiger partial charge in [0.25, 0.3) is 0 Å². The molecule has 0 aliphatic heterocycles. The molecule has 0 aliphatic rings. The molecule has 0 bridgehead atoms. The molecule has 0 saturated carbocycles. The third-order valence-electron chi connectivity index (χ3n) is 3.99. The highest BCUT2D eigenvalue weighted by Gasteiger charge is 2.13. The molecule has 0 aromatic heterocycles. The lowest BCUT2D eigenvalue weighted by Gasteiger charge is -2.16. The smallest absolute Gasteiger partial charge is 0.175 e. The van der Waals surface area contributed by atoms with Crippen LogP contribution in [0.3, 0.4) is 0 Å². The van der Waals surface area contributed by atoms with Gasteiger partial charge in [0, 0.05) is 13.1 Å². The van der Waals surface area contributed by atoms with Gasteiger partial charge in [0.1, 0.15) is 6.61 Å². The minimum absolute atomic E-state index is 0.0502. The van der Waals surface area contributed by atoms with E-state index in [0.29, 0.717) is 39.5 Å². The molecule has 0 unspecified atom stereocenters. The zero-order valence-corrected chi connectivity index (χ0v) is 17.5. The fourth-order valence-electron chi connectivity index (χ4n) is 2.59. The lowest BCUT2D eigenvalue weighted by Crippen LogP contribution is -2.20. The van der Waals surface area contributed by atoms with Crippen LogP contribution in [0.25, 0.3) is 0 Å². The summed E-state index contributed by atoms with van der Waals surface area (Å²) < 4.78 is 18.0. The van der Waals surface area contributed by atoms with Crippen molar-refractivity contribution in [2.45, 2.75) is 27.0 Å². The molecule has 6 heteroatoms. The normalized spacial score (nSPS) is 10.8. The van der Waals surface area contributed by atoms with Gasteiger partial charge in [-0.25, -0.2) is 0 Å². The second-order valence-electron chi connectivity index (χ2n) is 6.07. The van der Waals surface area contributed by atoms with Crippen LogP contribution in [0.1, 0.15) is 23.6 Å². The average molecular weight is 438 g/mol. The largest absolute Gasteiger partial charge is 0.490 e. The highest BCUT2D eigenvalue weighted by molar-refractivity contribution is 9.10. The minimum atomic E-state index is 0.0502. The van der Waals surface area contributed by atoms with Crippen LogP contribution in [0.5, 0.6) is 11.5 Å². The van der Waals surface area contributed by atoms with Crippen molar-refractivity contribution in [3.8, 4) is 11.5 Å². The van der Waals surface area contributed by atoms with Gasteiger partial charge in [0.2, 0.25) is 0 Å². The van der Waals surface area contributed by atoms with Crippen molar-refractivity contribution in [2.75, 3.05) is 33.0 Å². The van der Waals surface area contributed by atoms with Crippen molar-refractivity contribution in [1.82, 2.24) is 5.32 Å². The Hall–Kier alpha value is -1.60. The minimum Gasteiger partial charge on any atom is -0.490 e. The first-order chi connectivity index (χ1) is 13.2. The Kier molecular flexibility index (Phi) is 9.62. The monoisotopic (exact) mass is 437 g/mol. The number of aryl methyl sites for hydroxylation is 1. The summed E-state index contributed by atoms with van der Waals surface area (Å²) in [5, 5.41) is 12.0. The molecule has 0 atom stereocenters. The van der Waals surface area contributed by atoms with Crippen molar-refractivity contribution < 1.29 is 19.3 Å². The van der Waals surface area contributed by atoms with Gasteiger partial charge in [0.15, 0.2) is 11.5 Å². The molecule has 0 radical (unpaired) electrons. The van der Waals surface area contributed by atoms with Crippen LogP contribution >= 0.6 is 15.9 Å². The van der Waals surface area contributed by atoms with E-state index in [1.165, 1.54) is 5.56 Å². The standard InChI is InChI=1S/C21H28BrNO4/c1-3-26-20-13-17(14-23-8-10-25-11-9-24)12-19(22)21(20)27-15-18-7-5-4-6-16(18)2/h4-7,12-13,23-24H,3,8-11,14-15H2,1-2H3. The second kappa shape index (κ2) is 12.0. The molecule has 2 aromatic rings. The highest BCUT2D eigenvalue weighted by atomic mass is 79.9. The molecule has 0 fully saturated rings. The van der Waals surface area contributed by atoms with Crippen LogP contribution in [-0.2, 0) is 17.9 Å². The molecule has 0 amide bonds. The Labute approximate surface area is 169 Å². The van der Waals surface area contributed by atoms with E-state index in [1.54, 1.807) is 0 Å². The summed E-state index contributed by atoms with van der Waals surface area (Å²) in [5.74, 6) is 1.45. The molecule has 0 aliphatic carbocycles. The van der Waals surface area contributed by atoms with Gasteiger partial charge in [-0.2, -0.15) is 0 Å². The molecule has 0 saturated heterocycles. The van der Waals surface area contributed by atoms with Gasteiger partial charge in [-0.3, -0.25) is 0 Å². The van der Waals surface area contributed by atoms with E-state index in [2.05, 4.69) is 40.3 Å². The summed E-state index contributed by atoms with van der Waals surface area (Å²) in [6.45, 7) is 7.50. The van der Waals surface area contributed by atoms with Crippen LogP contribution in [0, 0.1) is 6.92 Å². The number of benzene rings is 2. The van der Waals surface area contributed by atoms with E-state index in [-0.39, 0.29) is 6.61 Å². The first-order valence-electron chi connectivity index (χ1n) is 9.17.